The van der Waals surface area contributed by atoms with Gasteiger partial charge in [-0.25, -0.2) is 4.98 Å². The summed E-state index contributed by atoms with van der Waals surface area (Å²) < 4.78 is 79.8. The monoisotopic (exact) mass is 606 g/mol. The van der Waals surface area contributed by atoms with E-state index in [1.807, 2.05) is 0 Å². The Labute approximate surface area is 241 Å². The molecule has 43 heavy (non-hydrogen) atoms. The Balaban J connectivity index is 1.40. The molecule has 4 heterocycles. The van der Waals surface area contributed by atoms with Gasteiger partial charge in [0.2, 0.25) is 11.6 Å². The Hall–Kier alpha value is -4.37. The van der Waals surface area contributed by atoms with Gasteiger partial charge in [-0.05, 0) is 49.2 Å². The Bertz CT molecular complexity index is 1560. The van der Waals surface area contributed by atoms with Crippen LogP contribution in [-0.2, 0) is 11.0 Å². The molecule has 0 spiro atoms. The Morgan fingerprint density at radius 1 is 1.09 bits per heavy atom. The van der Waals surface area contributed by atoms with Gasteiger partial charge in [0.1, 0.15) is 23.8 Å². The van der Waals surface area contributed by atoms with Crippen LogP contribution in [0.3, 0.4) is 0 Å². The second kappa shape index (κ2) is 11.0. The van der Waals surface area contributed by atoms with Gasteiger partial charge in [0.05, 0.1) is 23.5 Å². The number of rotatable bonds is 5. The number of nitrogens with two attached hydrogens (primary N) is 1. The molecule has 1 saturated heterocycles. The van der Waals surface area contributed by atoms with Gasteiger partial charge in [0, 0.05) is 30.6 Å². The molecule has 0 saturated carbocycles. The van der Waals surface area contributed by atoms with E-state index >= 15 is 0 Å². The van der Waals surface area contributed by atoms with Crippen molar-refractivity contribution in [2.75, 3.05) is 11.9 Å². The average Bonchev–Trinajstić information content (AvgIpc) is 3.28. The second-order valence-corrected chi connectivity index (χ2v) is 10.2. The molecular formula is C28H26F6N7O2+. The van der Waals surface area contributed by atoms with E-state index in [1.54, 1.807) is 18.3 Å². The van der Waals surface area contributed by atoms with E-state index in [0.717, 1.165) is 23.2 Å². The Morgan fingerprint density at radius 2 is 1.81 bits per heavy atom. The first-order chi connectivity index (χ1) is 20.2. The lowest BCUT2D eigenvalue weighted by atomic mass is 9.89. The molecule has 1 aromatic heterocycles. The lowest BCUT2D eigenvalue weighted by molar-refractivity contribution is -0.750. The SMILES string of the molecule is CCC(=O)N1C[C@@H](C2=C3C=NC=C[N+]3(N)C(c3ccc(C(=O)Nc4cc(C(F)(F)F)ccn4)cc3)=N2)CC[C@@H]1C(F)(F)F. The van der Waals surface area contributed by atoms with E-state index in [1.165, 1.54) is 31.5 Å². The maximum Gasteiger partial charge on any atom is 0.416 e. The number of anilines is 1. The van der Waals surface area contributed by atoms with Crippen LogP contribution in [-0.4, -0.2) is 57.1 Å². The van der Waals surface area contributed by atoms with E-state index in [0.29, 0.717) is 22.8 Å². The zero-order valence-electron chi connectivity index (χ0n) is 22.7. The van der Waals surface area contributed by atoms with Gasteiger partial charge in [-0.1, -0.05) is 6.92 Å². The van der Waals surface area contributed by atoms with Gasteiger partial charge < -0.3 is 10.2 Å². The molecule has 226 valence electrons. The van der Waals surface area contributed by atoms with Gasteiger partial charge in [-0.2, -0.15) is 37.2 Å². The first kappa shape index (κ1) is 30.1. The van der Waals surface area contributed by atoms with Crippen molar-refractivity contribution in [1.29, 1.82) is 0 Å². The number of benzene rings is 1. The number of aliphatic imine (C=N–C) groups is 2. The van der Waals surface area contributed by atoms with Crippen molar-refractivity contribution in [1.82, 2.24) is 9.88 Å². The summed E-state index contributed by atoms with van der Waals surface area (Å²) in [6, 6.07) is 5.59. The maximum absolute atomic E-state index is 13.7. The maximum atomic E-state index is 13.7. The fourth-order valence-electron chi connectivity index (χ4n) is 5.35. The summed E-state index contributed by atoms with van der Waals surface area (Å²) in [6.07, 6.45) is -3.98. The zero-order chi connectivity index (χ0) is 31.2. The molecule has 0 radical (unpaired) electrons. The topological polar surface area (TPSA) is 113 Å². The van der Waals surface area contributed by atoms with E-state index in [-0.39, 0.29) is 37.2 Å². The molecule has 15 heteroatoms. The molecule has 0 aliphatic carbocycles. The lowest BCUT2D eigenvalue weighted by Gasteiger charge is -2.40. The number of carbonyl (C=O) groups is 2. The molecule has 1 fully saturated rings. The highest BCUT2D eigenvalue weighted by atomic mass is 19.4. The third-order valence-corrected chi connectivity index (χ3v) is 7.53. The van der Waals surface area contributed by atoms with Crippen LogP contribution in [0.25, 0.3) is 0 Å². The molecule has 1 unspecified atom stereocenters. The van der Waals surface area contributed by atoms with Crippen LogP contribution in [0.4, 0.5) is 32.2 Å². The Morgan fingerprint density at radius 3 is 2.47 bits per heavy atom. The quantitative estimate of drug-likeness (QED) is 0.279. The average molecular weight is 607 g/mol. The van der Waals surface area contributed by atoms with Crippen molar-refractivity contribution in [2.24, 2.45) is 21.7 Å². The number of nitrogens with one attached hydrogen (secondary N) is 1. The molecule has 0 bridgehead atoms. The molecule has 3 N–H and O–H groups in total. The fourth-order valence-corrected chi connectivity index (χ4v) is 5.35. The molecule has 3 aliphatic heterocycles. The minimum Gasteiger partial charge on any atom is -0.330 e. The molecule has 3 atom stereocenters. The number of aromatic nitrogens is 1. The summed E-state index contributed by atoms with van der Waals surface area (Å²) in [6.45, 7) is 1.32. The third kappa shape index (κ3) is 5.82. The zero-order valence-corrected chi connectivity index (χ0v) is 22.7. The predicted octanol–water partition coefficient (Wildman–Crippen LogP) is 5.15. The molecule has 2 amide bonds. The van der Waals surface area contributed by atoms with Crippen LogP contribution in [0.15, 0.2) is 76.4 Å². The van der Waals surface area contributed by atoms with Crippen LogP contribution in [0.2, 0.25) is 0 Å². The minimum absolute atomic E-state index is 0.0788. The summed E-state index contributed by atoms with van der Waals surface area (Å²) in [7, 11) is 0. The number of quaternary nitrogens is 1. The minimum atomic E-state index is -4.60. The number of pyridine rings is 1. The number of amidine groups is 1. The second-order valence-electron chi connectivity index (χ2n) is 10.2. The normalized spacial score (nSPS) is 23.7. The van der Waals surface area contributed by atoms with Crippen molar-refractivity contribution < 1.29 is 40.5 Å². The number of halogens is 6. The molecule has 2 aromatic rings. The number of piperidine rings is 1. The first-order valence-electron chi connectivity index (χ1n) is 13.3. The number of nitrogens with zero attached hydrogens (tertiary/aromatic N) is 5. The Kier molecular flexibility index (Phi) is 7.73. The van der Waals surface area contributed by atoms with Gasteiger partial charge in [0.15, 0.2) is 0 Å². The number of carbonyl (C=O) groups excluding carboxylic acids is 2. The number of likely N-dealkylation sites (tertiary alicyclic amines) is 1. The van der Waals surface area contributed by atoms with Gasteiger partial charge >= 0.3 is 12.4 Å². The van der Waals surface area contributed by atoms with Crippen LogP contribution >= 0.6 is 0 Å². The number of fused-ring (bicyclic) bond motifs is 1. The highest BCUT2D eigenvalue weighted by Gasteiger charge is 2.51. The summed E-state index contributed by atoms with van der Waals surface area (Å²) in [5.41, 5.74) is 0.491. The fraction of sp³-hybridized carbons (Fsp3) is 0.321. The smallest absolute Gasteiger partial charge is 0.330 e. The van der Waals surface area contributed by atoms with E-state index in [4.69, 9.17) is 10.8 Å². The van der Waals surface area contributed by atoms with E-state index in [9.17, 15) is 35.9 Å². The van der Waals surface area contributed by atoms with Crippen LogP contribution in [0.5, 0.6) is 0 Å². The standard InChI is InChI=1S/C28H25F6N7O2/c1-2-23(42)40-15-18(7-8-21(40)28(32,33)34)24-20-14-36-11-12-41(20,35)25(39-24)16-3-5-17(6-4-16)26(43)38-22-13-19(9-10-37-22)27(29,30)31/h3-6,9-14,18,21H,2,7-8,15,35H2,1H3/p+1/t18-,21+,41?/m0/s1. The van der Waals surface area contributed by atoms with E-state index < -0.39 is 46.3 Å². The molecule has 3 aliphatic rings. The highest BCUT2D eigenvalue weighted by molar-refractivity contribution is 6.05. The summed E-state index contributed by atoms with van der Waals surface area (Å²) in [5, 5.41) is 2.34. The largest absolute Gasteiger partial charge is 0.416 e. The molecule has 9 nitrogen and oxygen atoms in total. The van der Waals surface area contributed by atoms with Gasteiger partial charge in [-0.3, -0.25) is 14.6 Å². The highest BCUT2D eigenvalue weighted by Crippen LogP contribution is 2.41. The number of hydrogen-bond acceptors (Lipinski definition) is 6. The van der Waals surface area contributed by atoms with Crippen LogP contribution < -0.4 is 11.2 Å². The first-order valence-corrected chi connectivity index (χ1v) is 13.3. The summed E-state index contributed by atoms with van der Waals surface area (Å²) >= 11 is 0. The lowest BCUT2D eigenvalue weighted by Crippen LogP contribution is -2.54. The van der Waals surface area contributed by atoms with Gasteiger partial charge in [0.25, 0.3) is 11.7 Å². The van der Waals surface area contributed by atoms with Crippen molar-refractivity contribution in [3.05, 3.63) is 83.1 Å². The predicted molar refractivity (Wildman–Crippen MR) is 144 cm³/mol. The van der Waals surface area contributed by atoms with Crippen molar-refractivity contribution >= 4 is 29.7 Å². The number of alkyl halides is 6. The summed E-state index contributed by atoms with van der Waals surface area (Å²) in [4.78, 5) is 38.7. The van der Waals surface area contributed by atoms with Crippen molar-refractivity contribution in [2.45, 2.75) is 44.6 Å². The number of amides is 2. The molecule has 1 aromatic carbocycles. The molecule has 5 rings (SSSR count). The number of allylic oxidation sites excluding steroid dienone is 1. The third-order valence-electron chi connectivity index (χ3n) is 7.53. The van der Waals surface area contributed by atoms with Crippen molar-refractivity contribution in [3.63, 3.8) is 0 Å². The summed E-state index contributed by atoms with van der Waals surface area (Å²) in [5.74, 6) is 4.92. The molecular weight excluding hydrogens is 580 g/mol. The van der Waals surface area contributed by atoms with Crippen molar-refractivity contribution in [3.8, 4) is 0 Å². The van der Waals surface area contributed by atoms with E-state index in [2.05, 4.69) is 15.3 Å². The van der Waals surface area contributed by atoms with Crippen LogP contribution in [0.1, 0.15) is 47.7 Å². The van der Waals surface area contributed by atoms with Crippen LogP contribution in [0, 0.1) is 5.92 Å². The van der Waals surface area contributed by atoms with Gasteiger partial charge in [-0.15, -0.1) is 4.59 Å². The number of hydrogen-bond donors (Lipinski definition) is 2.